The molecule has 0 aromatic carbocycles. The van der Waals surface area contributed by atoms with Gasteiger partial charge in [-0.25, -0.2) is 9.97 Å². The topological polar surface area (TPSA) is 58.5 Å². The number of ether oxygens (including phenoxy) is 1. The number of hydrogen-bond acceptors (Lipinski definition) is 5. The Bertz CT molecular complexity index is 453. The van der Waals surface area contributed by atoms with Crippen molar-refractivity contribution in [2.45, 2.75) is 24.5 Å². The molecule has 1 aromatic rings. The highest BCUT2D eigenvalue weighted by Gasteiger charge is 2.52. The molecule has 2 fully saturated rings. The van der Waals surface area contributed by atoms with E-state index < -0.39 is 0 Å². The number of anilines is 1. The third-order valence-electron chi connectivity index (χ3n) is 3.66. The van der Waals surface area contributed by atoms with Crippen LogP contribution in [0.25, 0.3) is 0 Å². The maximum absolute atomic E-state index is 9.25. The van der Waals surface area contributed by atoms with Crippen molar-refractivity contribution in [3.63, 3.8) is 0 Å². The van der Waals surface area contributed by atoms with Crippen LogP contribution >= 0.6 is 23.2 Å². The zero-order chi connectivity index (χ0) is 12.8. The summed E-state index contributed by atoms with van der Waals surface area (Å²) in [4.78, 5) is 10.2. The number of morpholine rings is 1. The second kappa shape index (κ2) is 4.49. The molecule has 3 heterocycles. The van der Waals surface area contributed by atoms with E-state index in [0.29, 0.717) is 24.0 Å². The highest BCUT2D eigenvalue weighted by molar-refractivity contribution is 6.32. The van der Waals surface area contributed by atoms with Crippen molar-refractivity contribution in [3.05, 3.63) is 16.5 Å². The minimum Gasteiger partial charge on any atom is -0.396 e. The Balaban J connectivity index is 1.96. The van der Waals surface area contributed by atoms with Gasteiger partial charge in [0.15, 0.2) is 0 Å². The number of rotatable bonds is 3. The van der Waals surface area contributed by atoms with E-state index in [1.165, 1.54) is 0 Å². The molecule has 0 amide bonds. The first-order valence-corrected chi connectivity index (χ1v) is 6.59. The summed E-state index contributed by atoms with van der Waals surface area (Å²) in [5.41, 5.74) is -0.180. The van der Waals surface area contributed by atoms with Gasteiger partial charge in [0, 0.05) is 25.6 Å². The lowest BCUT2D eigenvalue weighted by atomic mass is 9.95. The molecule has 2 aliphatic rings. The molecule has 2 bridgehead atoms. The Morgan fingerprint density at radius 1 is 1.50 bits per heavy atom. The van der Waals surface area contributed by atoms with Gasteiger partial charge < -0.3 is 14.7 Å². The van der Waals surface area contributed by atoms with Crippen molar-refractivity contribution >= 4 is 29.0 Å². The Kier molecular flexibility index (Phi) is 3.10. The van der Waals surface area contributed by atoms with Crippen LogP contribution in [-0.2, 0) is 4.74 Å². The molecule has 0 radical (unpaired) electrons. The van der Waals surface area contributed by atoms with E-state index in [9.17, 15) is 5.11 Å². The van der Waals surface area contributed by atoms with Crippen LogP contribution in [0.2, 0.25) is 10.4 Å². The maximum Gasteiger partial charge on any atom is 0.225 e. The van der Waals surface area contributed by atoms with Crippen LogP contribution in [0.1, 0.15) is 12.8 Å². The molecule has 0 aliphatic carbocycles. The lowest BCUT2D eigenvalue weighted by Crippen LogP contribution is -2.49. The molecular weight excluding hydrogens is 277 g/mol. The summed E-state index contributed by atoms with van der Waals surface area (Å²) in [6, 6.07) is 1.70. The fraction of sp³-hybridized carbons (Fsp3) is 0.636. The van der Waals surface area contributed by atoms with Crippen LogP contribution in [0, 0.1) is 0 Å². The molecule has 0 unspecified atom stereocenters. The molecule has 1 aromatic heterocycles. The molecule has 98 valence electrons. The molecule has 1 N–H and O–H groups in total. The first kappa shape index (κ1) is 12.4. The van der Waals surface area contributed by atoms with Crippen LogP contribution in [0.3, 0.4) is 0 Å². The lowest BCUT2D eigenvalue weighted by molar-refractivity contribution is 0.0779. The number of aromatic nitrogens is 2. The average Bonchev–Trinajstić information content (AvgIpc) is 2.85. The first-order valence-electron chi connectivity index (χ1n) is 5.83. The Labute approximate surface area is 115 Å². The number of halogens is 2. The maximum atomic E-state index is 9.25. The summed E-state index contributed by atoms with van der Waals surface area (Å²) in [5, 5.41) is 9.71. The van der Waals surface area contributed by atoms with Crippen molar-refractivity contribution in [3.8, 4) is 0 Å². The van der Waals surface area contributed by atoms with Gasteiger partial charge >= 0.3 is 0 Å². The lowest BCUT2D eigenvalue weighted by Gasteiger charge is -2.38. The standard InChI is InChI=1S/C11H13Cl2N3O2/c12-8-3-9(15-10(13)14-8)16-5-7-4-11(16,1-2-17)6-18-7/h3,7,17H,1-2,4-6H2/t7-,11-/m1/s1. The van der Waals surface area contributed by atoms with Crippen LogP contribution in [0.4, 0.5) is 5.82 Å². The van der Waals surface area contributed by atoms with Crippen molar-refractivity contribution in [1.29, 1.82) is 0 Å². The normalized spacial score (nSPS) is 30.2. The molecule has 0 spiro atoms. The number of fused-ring (bicyclic) bond motifs is 2. The fourth-order valence-electron chi connectivity index (χ4n) is 2.89. The number of aliphatic hydroxyl groups excluding tert-OH is 1. The van der Waals surface area contributed by atoms with Gasteiger partial charge in [-0.15, -0.1) is 0 Å². The minimum absolute atomic E-state index is 0.124. The molecular formula is C11H13Cl2N3O2. The molecule has 2 aliphatic heterocycles. The van der Waals surface area contributed by atoms with Gasteiger partial charge in [-0.05, 0) is 18.0 Å². The van der Waals surface area contributed by atoms with Crippen LogP contribution < -0.4 is 4.90 Å². The van der Waals surface area contributed by atoms with Gasteiger partial charge in [-0.3, -0.25) is 0 Å². The fourth-order valence-corrected chi connectivity index (χ4v) is 3.29. The monoisotopic (exact) mass is 289 g/mol. The van der Waals surface area contributed by atoms with Crippen molar-refractivity contribution in [1.82, 2.24) is 9.97 Å². The third kappa shape index (κ3) is 1.95. The highest BCUT2D eigenvalue weighted by Crippen LogP contribution is 2.43. The SMILES string of the molecule is OCC[C@@]12CO[C@@H](CN1c1cc(Cl)nc(Cl)n1)C2. The van der Waals surface area contributed by atoms with Crippen LogP contribution in [-0.4, -0.2) is 46.5 Å². The number of nitrogens with zero attached hydrogens (tertiary/aromatic N) is 3. The Morgan fingerprint density at radius 3 is 3.00 bits per heavy atom. The van der Waals surface area contributed by atoms with E-state index in [-0.39, 0.29) is 23.5 Å². The van der Waals surface area contributed by atoms with Crippen molar-refractivity contribution in [2.24, 2.45) is 0 Å². The molecule has 2 saturated heterocycles. The van der Waals surface area contributed by atoms with Gasteiger partial charge in [0.2, 0.25) is 5.28 Å². The largest absolute Gasteiger partial charge is 0.396 e. The Hall–Kier alpha value is -0.620. The summed E-state index contributed by atoms with van der Waals surface area (Å²) in [6.45, 7) is 1.49. The summed E-state index contributed by atoms with van der Waals surface area (Å²) < 4.78 is 5.66. The van der Waals surface area contributed by atoms with E-state index in [2.05, 4.69) is 14.9 Å². The molecule has 3 rings (SSSR count). The third-order valence-corrected chi connectivity index (χ3v) is 4.02. The Morgan fingerprint density at radius 2 is 2.33 bits per heavy atom. The zero-order valence-electron chi connectivity index (χ0n) is 9.64. The molecule has 2 atom stereocenters. The zero-order valence-corrected chi connectivity index (χ0v) is 11.2. The molecule has 0 saturated carbocycles. The molecule has 18 heavy (non-hydrogen) atoms. The van der Waals surface area contributed by atoms with Gasteiger partial charge in [-0.2, -0.15) is 0 Å². The van der Waals surface area contributed by atoms with Crippen LogP contribution in [0.15, 0.2) is 6.07 Å². The summed E-state index contributed by atoms with van der Waals surface area (Å²) in [5.74, 6) is 0.708. The summed E-state index contributed by atoms with van der Waals surface area (Å²) >= 11 is 11.7. The predicted octanol–water partition coefficient (Wildman–Crippen LogP) is 1.51. The van der Waals surface area contributed by atoms with Crippen molar-refractivity contribution in [2.75, 3.05) is 24.7 Å². The average molecular weight is 290 g/mol. The predicted molar refractivity (Wildman–Crippen MR) is 68.2 cm³/mol. The summed E-state index contributed by atoms with van der Waals surface area (Å²) in [7, 11) is 0. The molecule has 7 heteroatoms. The second-order valence-electron chi connectivity index (χ2n) is 4.76. The quantitative estimate of drug-likeness (QED) is 0.675. The van der Waals surface area contributed by atoms with E-state index >= 15 is 0 Å². The van der Waals surface area contributed by atoms with Crippen molar-refractivity contribution < 1.29 is 9.84 Å². The number of aliphatic hydroxyl groups is 1. The first-order chi connectivity index (χ1) is 8.63. The van der Waals surface area contributed by atoms with E-state index in [4.69, 9.17) is 27.9 Å². The van der Waals surface area contributed by atoms with Gasteiger partial charge in [0.25, 0.3) is 0 Å². The molecule has 5 nitrogen and oxygen atoms in total. The van der Waals surface area contributed by atoms with E-state index in [1.54, 1.807) is 6.07 Å². The van der Waals surface area contributed by atoms with Gasteiger partial charge in [0.05, 0.1) is 18.2 Å². The van der Waals surface area contributed by atoms with Crippen LogP contribution in [0.5, 0.6) is 0 Å². The van der Waals surface area contributed by atoms with Gasteiger partial charge in [-0.1, -0.05) is 11.6 Å². The van der Waals surface area contributed by atoms with E-state index in [0.717, 1.165) is 13.0 Å². The summed E-state index contributed by atoms with van der Waals surface area (Å²) in [6.07, 6.45) is 1.76. The minimum atomic E-state index is -0.180. The second-order valence-corrected chi connectivity index (χ2v) is 5.49. The highest BCUT2D eigenvalue weighted by atomic mass is 35.5. The van der Waals surface area contributed by atoms with Gasteiger partial charge in [0.1, 0.15) is 11.0 Å². The van der Waals surface area contributed by atoms with E-state index in [1.807, 2.05) is 0 Å². The number of hydrogen-bond donors (Lipinski definition) is 1. The smallest absolute Gasteiger partial charge is 0.225 e.